The molecule has 0 aliphatic carbocycles. The minimum absolute atomic E-state index is 0.408. The molecule has 0 saturated carbocycles. The molecule has 4 rings (SSSR count). The summed E-state index contributed by atoms with van der Waals surface area (Å²) in [7, 11) is 0. The molecule has 2 aliphatic heterocycles. The van der Waals surface area contributed by atoms with Crippen LogP contribution in [-0.2, 0) is 22.7 Å². The van der Waals surface area contributed by atoms with E-state index in [-0.39, 0.29) is 0 Å². The van der Waals surface area contributed by atoms with Crippen molar-refractivity contribution in [3.05, 3.63) is 53.7 Å². The Morgan fingerprint density at radius 1 is 0.947 bits per heavy atom. The number of halogens is 6. The number of rotatable bonds is 4. The zero-order valence-corrected chi connectivity index (χ0v) is 20.6. The lowest BCUT2D eigenvalue weighted by molar-refractivity contribution is -0.193. The standard InChI is InChI=1S/C20H27N3O.2C2HF3O2/c1-17-5-6-19(24-17)16-22-12-8-20(9-13-22)7-3-11-23(20)15-18-4-2-10-21-14-18;2*3-2(4,5)1(6)7/h2,4-6,10,14H,3,7-9,11-13,15-16H2,1H3;2*(H,6,7). The first kappa shape index (κ1) is 31.1. The van der Waals surface area contributed by atoms with Crippen LogP contribution in [0.25, 0.3) is 0 Å². The highest BCUT2D eigenvalue weighted by atomic mass is 19.4. The second-order valence-electron chi connectivity index (χ2n) is 9.01. The number of hydrogen-bond acceptors (Lipinski definition) is 6. The van der Waals surface area contributed by atoms with Gasteiger partial charge in [-0.25, -0.2) is 9.59 Å². The Bertz CT molecular complexity index is 1010. The molecule has 0 bridgehead atoms. The van der Waals surface area contributed by atoms with Gasteiger partial charge in [0.1, 0.15) is 11.5 Å². The van der Waals surface area contributed by atoms with E-state index in [1.807, 2.05) is 25.4 Å². The number of nitrogens with zero attached hydrogens (tertiary/aromatic N) is 3. The lowest BCUT2D eigenvalue weighted by Crippen LogP contribution is -2.51. The van der Waals surface area contributed by atoms with Gasteiger partial charge in [0.05, 0.1) is 6.54 Å². The van der Waals surface area contributed by atoms with Crippen molar-refractivity contribution in [1.29, 1.82) is 0 Å². The monoisotopic (exact) mass is 553 g/mol. The summed E-state index contributed by atoms with van der Waals surface area (Å²) >= 11 is 0. The Kier molecular flexibility index (Phi) is 10.7. The van der Waals surface area contributed by atoms with Crippen molar-refractivity contribution in [3.63, 3.8) is 0 Å². The van der Waals surface area contributed by atoms with Crippen molar-refractivity contribution in [3.8, 4) is 0 Å². The minimum Gasteiger partial charge on any atom is -0.475 e. The van der Waals surface area contributed by atoms with Crippen molar-refractivity contribution in [2.24, 2.45) is 0 Å². The average Bonchev–Trinajstić information content (AvgIpc) is 3.41. The second kappa shape index (κ2) is 13.1. The van der Waals surface area contributed by atoms with Crippen LogP contribution in [0, 0.1) is 6.92 Å². The Morgan fingerprint density at radius 3 is 1.97 bits per heavy atom. The summed E-state index contributed by atoms with van der Waals surface area (Å²) in [5.41, 5.74) is 1.75. The van der Waals surface area contributed by atoms with Gasteiger partial charge in [0, 0.05) is 37.6 Å². The molecule has 2 N–H and O–H groups in total. The molecule has 2 saturated heterocycles. The van der Waals surface area contributed by atoms with Crippen LogP contribution < -0.4 is 0 Å². The molecule has 2 aliphatic rings. The van der Waals surface area contributed by atoms with Gasteiger partial charge in [-0.05, 0) is 62.9 Å². The third kappa shape index (κ3) is 9.63. The van der Waals surface area contributed by atoms with E-state index in [1.54, 1.807) is 0 Å². The first-order valence-corrected chi connectivity index (χ1v) is 11.6. The fourth-order valence-corrected chi connectivity index (χ4v) is 4.44. The van der Waals surface area contributed by atoms with E-state index in [4.69, 9.17) is 24.2 Å². The maximum Gasteiger partial charge on any atom is 0.490 e. The second-order valence-corrected chi connectivity index (χ2v) is 9.01. The highest BCUT2D eigenvalue weighted by Gasteiger charge is 2.43. The molecule has 0 aromatic carbocycles. The van der Waals surface area contributed by atoms with Crippen LogP contribution in [0.4, 0.5) is 26.3 Å². The molecule has 0 radical (unpaired) electrons. The molecule has 2 fully saturated rings. The Labute approximate surface area is 214 Å². The van der Waals surface area contributed by atoms with Gasteiger partial charge in [0.25, 0.3) is 0 Å². The number of piperidine rings is 1. The molecular weight excluding hydrogens is 524 g/mol. The van der Waals surface area contributed by atoms with Crippen molar-refractivity contribution < 1.29 is 50.6 Å². The minimum atomic E-state index is -5.08. The predicted molar refractivity (Wildman–Crippen MR) is 122 cm³/mol. The summed E-state index contributed by atoms with van der Waals surface area (Å²) in [6.45, 7) is 7.58. The van der Waals surface area contributed by atoms with E-state index in [0.717, 1.165) is 24.6 Å². The SMILES string of the molecule is Cc1ccc(CN2CCC3(CCCN3Cc3cccnc3)CC2)o1.O=C(O)C(F)(F)F.O=C(O)C(F)(F)F. The van der Waals surface area contributed by atoms with E-state index in [0.29, 0.717) is 5.54 Å². The molecule has 4 heterocycles. The van der Waals surface area contributed by atoms with Crippen molar-refractivity contribution in [2.75, 3.05) is 19.6 Å². The van der Waals surface area contributed by atoms with Gasteiger partial charge < -0.3 is 14.6 Å². The van der Waals surface area contributed by atoms with Crippen molar-refractivity contribution in [1.82, 2.24) is 14.8 Å². The topological polar surface area (TPSA) is 107 Å². The van der Waals surface area contributed by atoms with Crippen LogP contribution in [0.3, 0.4) is 0 Å². The average molecular weight is 554 g/mol. The normalized spacial score (nSPS) is 17.8. The van der Waals surface area contributed by atoms with Gasteiger partial charge in [-0.2, -0.15) is 26.3 Å². The fourth-order valence-electron chi connectivity index (χ4n) is 4.44. The van der Waals surface area contributed by atoms with Gasteiger partial charge in [0.2, 0.25) is 0 Å². The lowest BCUT2D eigenvalue weighted by Gasteiger charge is -2.45. The fraction of sp³-hybridized carbons (Fsp3) is 0.542. The molecule has 1 spiro atoms. The van der Waals surface area contributed by atoms with Gasteiger partial charge in [-0.1, -0.05) is 6.07 Å². The first-order valence-electron chi connectivity index (χ1n) is 11.6. The molecule has 0 unspecified atom stereocenters. The summed E-state index contributed by atoms with van der Waals surface area (Å²) in [4.78, 5) is 27.3. The molecule has 2 aromatic rings. The number of aromatic nitrogens is 1. The number of alkyl halides is 6. The number of likely N-dealkylation sites (tertiary alicyclic amines) is 2. The molecule has 14 heteroatoms. The first-order chi connectivity index (χ1) is 17.6. The van der Waals surface area contributed by atoms with Gasteiger partial charge in [0.15, 0.2) is 0 Å². The van der Waals surface area contributed by atoms with E-state index in [2.05, 4.69) is 33.0 Å². The third-order valence-electron chi connectivity index (χ3n) is 6.28. The maximum atomic E-state index is 10.6. The zero-order valence-electron chi connectivity index (χ0n) is 20.6. The van der Waals surface area contributed by atoms with Crippen molar-refractivity contribution in [2.45, 2.75) is 63.6 Å². The number of furan rings is 1. The smallest absolute Gasteiger partial charge is 0.475 e. The zero-order chi connectivity index (χ0) is 28.6. The molecule has 0 amide bonds. The summed E-state index contributed by atoms with van der Waals surface area (Å²) in [5, 5.41) is 14.2. The van der Waals surface area contributed by atoms with Crippen LogP contribution in [0.2, 0.25) is 0 Å². The van der Waals surface area contributed by atoms with Crippen LogP contribution in [-0.4, -0.2) is 74.5 Å². The van der Waals surface area contributed by atoms with Crippen LogP contribution in [0.5, 0.6) is 0 Å². The maximum absolute atomic E-state index is 10.6. The van der Waals surface area contributed by atoms with Crippen LogP contribution in [0.15, 0.2) is 41.1 Å². The molecular formula is C24H29F6N3O5. The molecule has 0 atom stereocenters. The highest BCUT2D eigenvalue weighted by molar-refractivity contribution is 5.73. The van der Waals surface area contributed by atoms with Gasteiger partial charge in [-0.15, -0.1) is 0 Å². The number of pyridine rings is 1. The summed E-state index contributed by atoms with van der Waals surface area (Å²) < 4.78 is 69.2. The summed E-state index contributed by atoms with van der Waals surface area (Å²) in [6, 6.07) is 8.43. The Morgan fingerprint density at radius 2 is 1.53 bits per heavy atom. The van der Waals surface area contributed by atoms with Gasteiger partial charge >= 0.3 is 24.3 Å². The van der Waals surface area contributed by atoms with E-state index < -0.39 is 24.3 Å². The molecule has 2 aromatic heterocycles. The largest absolute Gasteiger partial charge is 0.490 e. The number of carboxylic acids is 2. The van der Waals surface area contributed by atoms with E-state index >= 15 is 0 Å². The Hall–Kier alpha value is -3.13. The van der Waals surface area contributed by atoms with Crippen LogP contribution >= 0.6 is 0 Å². The predicted octanol–water partition coefficient (Wildman–Crippen LogP) is 4.88. The van der Waals surface area contributed by atoms with E-state index in [9.17, 15) is 26.3 Å². The third-order valence-corrected chi connectivity index (χ3v) is 6.28. The quantitative estimate of drug-likeness (QED) is 0.516. The highest BCUT2D eigenvalue weighted by Crippen LogP contribution is 2.39. The number of carbonyl (C=O) groups is 2. The molecule has 38 heavy (non-hydrogen) atoms. The van der Waals surface area contributed by atoms with Crippen LogP contribution in [0.1, 0.15) is 42.8 Å². The number of carboxylic acid groups (broad SMARTS) is 2. The van der Waals surface area contributed by atoms with Crippen molar-refractivity contribution >= 4 is 11.9 Å². The number of hydrogen-bond donors (Lipinski definition) is 2. The van der Waals surface area contributed by atoms with E-state index in [1.165, 1.54) is 50.9 Å². The summed E-state index contributed by atoms with van der Waals surface area (Å²) in [6.07, 6.45) is -1.07. The number of aryl methyl sites for hydroxylation is 1. The molecule has 8 nitrogen and oxygen atoms in total. The summed E-state index contributed by atoms with van der Waals surface area (Å²) in [5.74, 6) is -3.40. The Balaban J connectivity index is 0.000000301. The lowest BCUT2D eigenvalue weighted by atomic mass is 9.84. The number of aliphatic carboxylic acids is 2. The van der Waals surface area contributed by atoms with Gasteiger partial charge in [-0.3, -0.25) is 14.8 Å². The molecule has 212 valence electrons.